The first-order valence-corrected chi connectivity index (χ1v) is 7.29. The molecule has 0 saturated carbocycles. The van der Waals surface area contributed by atoms with E-state index in [2.05, 4.69) is 4.72 Å². The molecule has 0 unspecified atom stereocenters. The molecule has 116 valence electrons. The Balaban J connectivity index is 3.17. The molecule has 0 bridgehead atoms. The Bertz CT molecular complexity index is 684. The summed E-state index contributed by atoms with van der Waals surface area (Å²) in [5.74, 6) is -0.675. The number of nitrogen functional groups attached to an aromatic ring is 1. The molecule has 10 heteroatoms. The van der Waals surface area contributed by atoms with Gasteiger partial charge in [-0.05, 0) is 26.0 Å². The van der Waals surface area contributed by atoms with Crippen LogP contribution in [0.4, 0.5) is 11.4 Å². The fourth-order valence-electron chi connectivity index (χ4n) is 1.74. The van der Waals surface area contributed by atoms with Crippen LogP contribution < -0.4 is 16.2 Å². The van der Waals surface area contributed by atoms with E-state index in [0.29, 0.717) is 0 Å². The van der Waals surface area contributed by atoms with Gasteiger partial charge in [0, 0.05) is 18.0 Å². The number of carbonyl (C=O) groups is 1. The minimum Gasteiger partial charge on any atom is -0.393 e. The van der Waals surface area contributed by atoms with Gasteiger partial charge in [0.05, 0.1) is 9.82 Å². The summed E-state index contributed by atoms with van der Waals surface area (Å²) in [5.41, 5.74) is 8.67. The Morgan fingerprint density at radius 3 is 2.48 bits per heavy atom. The van der Waals surface area contributed by atoms with Crippen molar-refractivity contribution in [2.75, 3.05) is 5.73 Å². The SMILES string of the molecule is CC(C)(CC(N)=O)NS(=O)(=O)c1ccc(N)c([N+](=O)[O-])c1. The number of nitro benzene ring substituents is 1. The summed E-state index contributed by atoms with van der Waals surface area (Å²) < 4.78 is 26.7. The number of sulfonamides is 1. The summed E-state index contributed by atoms with van der Waals surface area (Å²) >= 11 is 0. The number of nitrogens with one attached hydrogen (secondary N) is 1. The highest BCUT2D eigenvalue weighted by Gasteiger charge is 2.29. The summed E-state index contributed by atoms with van der Waals surface area (Å²) in [6, 6.07) is 3.14. The summed E-state index contributed by atoms with van der Waals surface area (Å²) in [6.07, 6.45) is -0.219. The van der Waals surface area contributed by atoms with E-state index >= 15 is 0 Å². The first-order valence-electron chi connectivity index (χ1n) is 5.81. The van der Waals surface area contributed by atoms with Crippen LogP contribution in [-0.4, -0.2) is 24.8 Å². The average molecular weight is 316 g/mol. The van der Waals surface area contributed by atoms with Crippen molar-refractivity contribution in [2.24, 2.45) is 5.73 Å². The van der Waals surface area contributed by atoms with Crippen molar-refractivity contribution in [3.63, 3.8) is 0 Å². The molecule has 1 amide bonds. The number of rotatable bonds is 6. The van der Waals surface area contributed by atoms with E-state index in [0.717, 1.165) is 18.2 Å². The number of amides is 1. The Kier molecular flexibility index (Phi) is 4.54. The normalized spacial score (nSPS) is 12.1. The van der Waals surface area contributed by atoms with Gasteiger partial charge in [-0.3, -0.25) is 14.9 Å². The lowest BCUT2D eigenvalue weighted by molar-refractivity contribution is -0.384. The zero-order valence-electron chi connectivity index (χ0n) is 11.5. The molecule has 0 radical (unpaired) electrons. The molecule has 0 saturated heterocycles. The van der Waals surface area contributed by atoms with Crippen molar-refractivity contribution in [1.29, 1.82) is 0 Å². The maximum atomic E-state index is 12.2. The van der Waals surface area contributed by atoms with E-state index in [1.165, 1.54) is 13.8 Å². The van der Waals surface area contributed by atoms with Crippen molar-refractivity contribution in [1.82, 2.24) is 4.72 Å². The minimum absolute atomic E-state index is 0.143. The average Bonchev–Trinajstić information content (AvgIpc) is 2.24. The molecule has 0 heterocycles. The minimum atomic E-state index is -4.05. The van der Waals surface area contributed by atoms with Crippen LogP contribution in [0.1, 0.15) is 20.3 Å². The van der Waals surface area contributed by atoms with Gasteiger partial charge in [-0.15, -0.1) is 0 Å². The van der Waals surface area contributed by atoms with Crippen LogP contribution in [0, 0.1) is 10.1 Å². The van der Waals surface area contributed by atoms with Gasteiger partial charge >= 0.3 is 0 Å². The summed E-state index contributed by atoms with van der Waals surface area (Å²) in [6.45, 7) is 2.95. The highest BCUT2D eigenvalue weighted by molar-refractivity contribution is 7.89. The summed E-state index contributed by atoms with van der Waals surface area (Å²) in [4.78, 5) is 20.6. The highest BCUT2D eigenvalue weighted by atomic mass is 32.2. The third kappa shape index (κ3) is 4.39. The lowest BCUT2D eigenvalue weighted by Crippen LogP contribution is -2.45. The van der Waals surface area contributed by atoms with E-state index in [1.54, 1.807) is 0 Å². The third-order valence-electron chi connectivity index (χ3n) is 2.54. The second-order valence-corrected chi connectivity index (χ2v) is 6.79. The number of nitrogens with two attached hydrogens (primary N) is 2. The third-order valence-corrected chi connectivity index (χ3v) is 4.23. The topological polar surface area (TPSA) is 158 Å². The molecule has 1 aromatic rings. The van der Waals surface area contributed by atoms with Gasteiger partial charge in [-0.25, -0.2) is 13.1 Å². The van der Waals surface area contributed by atoms with Gasteiger partial charge in [0.1, 0.15) is 5.69 Å². The molecule has 0 atom stereocenters. The van der Waals surface area contributed by atoms with E-state index < -0.39 is 32.1 Å². The van der Waals surface area contributed by atoms with Crippen LogP contribution in [0.15, 0.2) is 23.1 Å². The van der Waals surface area contributed by atoms with E-state index in [4.69, 9.17) is 11.5 Å². The van der Waals surface area contributed by atoms with Gasteiger partial charge in [-0.1, -0.05) is 0 Å². The highest BCUT2D eigenvalue weighted by Crippen LogP contribution is 2.25. The predicted octanol–water partition coefficient (Wildman–Crippen LogP) is 0.109. The van der Waals surface area contributed by atoms with Gasteiger partial charge in [0.15, 0.2) is 0 Å². The number of primary amides is 1. The van der Waals surface area contributed by atoms with Crippen LogP contribution in [0.2, 0.25) is 0 Å². The zero-order valence-corrected chi connectivity index (χ0v) is 12.3. The number of nitro groups is 1. The fraction of sp³-hybridized carbons (Fsp3) is 0.364. The molecule has 0 aliphatic carbocycles. The van der Waals surface area contributed by atoms with E-state index in [9.17, 15) is 23.3 Å². The molecule has 1 rings (SSSR count). The number of hydrogen-bond donors (Lipinski definition) is 3. The Hall–Kier alpha value is -2.20. The number of carbonyl (C=O) groups excluding carboxylic acids is 1. The molecule has 0 spiro atoms. The monoisotopic (exact) mass is 316 g/mol. The molecular weight excluding hydrogens is 300 g/mol. The second kappa shape index (κ2) is 5.66. The Morgan fingerprint density at radius 2 is 2.00 bits per heavy atom. The second-order valence-electron chi connectivity index (χ2n) is 5.11. The molecule has 0 aliphatic rings. The molecule has 9 nitrogen and oxygen atoms in total. The lowest BCUT2D eigenvalue weighted by Gasteiger charge is -2.24. The Labute approximate surface area is 121 Å². The molecule has 0 aromatic heterocycles. The number of benzene rings is 1. The van der Waals surface area contributed by atoms with Gasteiger partial charge in [0.25, 0.3) is 5.69 Å². The molecule has 21 heavy (non-hydrogen) atoms. The first-order chi connectivity index (χ1) is 9.44. The van der Waals surface area contributed by atoms with Crippen LogP contribution in [0.3, 0.4) is 0 Å². The maximum absolute atomic E-state index is 12.2. The predicted molar refractivity (Wildman–Crippen MR) is 75.7 cm³/mol. The van der Waals surface area contributed by atoms with Crippen LogP contribution in [-0.2, 0) is 14.8 Å². The summed E-state index contributed by atoms with van der Waals surface area (Å²) in [5, 5.41) is 10.8. The molecule has 0 fully saturated rings. The molecular formula is C11H16N4O5S. The Morgan fingerprint density at radius 1 is 1.43 bits per heavy atom. The van der Waals surface area contributed by atoms with Crippen molar-refractivity contribution in [3.05, 3.63) is 28.3 Å². The zero-order chi connectivity index (χ0) is 16.4. The quantitative estimate of drug-likeness (QED) is 0.383. The van der Waals surface area contributed by atoms with Gasteiger partial charge < -0.3 is 11.5 Å². The van der Waals surface area contributed by atoms with Gasteiger partial charge in [-0.2, -0.15) is 0 Å². The first kappa shape index (κ1) is 16.9. The van der Waals surface area contributed by atoms with Crippen LogP contribution in [0.25, 0.3) is 0 Å². The van der Waals surface area contributed by atoms with Crippen LogP contribution >= 0.6 is 0 Å². The molecule has 1 aromatic carbocycles. The number of anilines is 1. The van der Waals surface area contributed by atoms with Crippen molar-refractivity contribution < 1.29 is 18.1 Å². The van der Waals surface area contributed by atoms with Crippen molar-refractivity contribution >= 4 is 27.3 Å². The smallest absolute Gasteiger partial charge is 0.293 e. The van der Waals surface area contributed by atoms with E-state index in [-0.39, 0.29) is 17.0 Å². The number of hydrogen-bond acceptors (Lipinski definition) is 6. The van der Waals surface area contributed by atoms with Crippen LogP contribution in [0.5, 0.6) is 0 Å². The fourth-order valence-corrected chi connectivity index (χ4v) is 3.17. The van der Waals surface area contributed by atoms with Gasteiger partial charge in [0.2, 0.25) is 15.9 Å². The maximum Gasteiger partial charge on any atom is 0.293 e. The lowest BCUT2D eigenvalue weighted by atomic mass is 10.0. The van der Waals surface area contributed by atoms with Crippen molar-refractivity contribution in [2.45, 2.75) is 30.7 Å². The molecule has 0 aliphatic heterocycles. The molecule has 5 N–H and O–H groups in total. The van der Waals surface area contributed by atoms with E-state index in [1.807, 2.05) is 0 Å². The summed E-state index contributed by atoms with van der Waals surface area (Å²) in [7, 11) is -4.05. The van der Waals surface area contributed by atoms with Crippen molar-refractivity contribution in [3.8, 4) is 0 Å². The largest absolute Gasteiger partial charge is 0.393 e. The number of nitrogens with zero attached hydrogens (tertiary/aromatic N) is 1. The standard InChI is InChI=1S/C11H16N4O5S/c1-11(2,6-10(13)16)14-21(19,20)7-3-4-8(12)9(5-7)15(17)18/h3-5,14H,6,12H2,1-2H3,(H2,13,16).